The number of amides is 1. The van der Waals surface area contributed by atoms with Gasteiger partial charge in [-0.15, -0.1) is 0 Å². The lowest BCUT2D eigenvalue weighted by Gasteiger charge is -2.20. The third kappa shape index (κ3) is 4.68. The highest BCUT2D eigenvalue weighted by Gasteiger charge is 2.29. The summed E-state index contributed by atoms with van der Waals surface area (Å²) >= 11 is 0. The van der Waals surface area contributed by atoms with E-state index in [-0.39, 0.29) is 23.5 Å². The minimum atomic E-state index is -0.220. The second-order valence-electron chi connectivity index (χ2n) is 7.38. The Kier molecular flexibility index (Phi) is 5.51. The van der Waals surface area contributed by atoms with Gasteiger partial charge in [-0.3, -0.25) is 4.79 Å². The molecule has 1 amide bonds. The summed E-state index contributed by atoms with van der Waals surface area (Å²) in [5.41, 5.74) is 1.92. The number of rotatable bonds is 6. The lowest BCUT2D eigenvalue weighted by Crippen LogP contribution is -2.37. The number of carbonyl (C=O) groups excluding carboxylic acids is 1. The topological polar surface area (TPSA) is 55.1 Å². The molecule has 0 aliphatic heterocycles. The highest BCUT2D eigenvalue weighted by Crippen LogP contribution is 2.29. The van der Waals surface area contributed by atoms with Gasteiger partial charge in [-0.2, -0.15) is 0 Å². The molecule has 1 N–H and O–H groups in total. The van der Waals surface area contributed by atoms with Crippen LogP contribution in [0.2, 0.25) is 0 Å². The van der Waals surface area contributed by atoms with E-state index < -0.39 is 0 Å². The minimum Gasteiger partial charge on any atom is -0.351 e. The molecule has 25 heavy (non-hydrogen) atoms. The summed E-state index contributed by atoms with van der Waals surface area (Å²) in [5, 5.41) is 7.07. The molecule has 2 atom stereocenters. The molecule has 1 heterocycles. The largest absolute Gasteiger partial charge is 0.351 e. The van der Waals surface area contributed by atoms with Gasteiger partial charge in [0.2, 0.25) is 5.76 Å². The van der Waals surface area contributed by atoms with E-state index in [4.69, 9.17) is 4.52 Å². The molecule has 0 spiro atoms. The molecule has 1 aromatic heterocycles. The van der Waals surface area contributed by atoms with E-state index >= 15 is 0 Å². The minimum absolute atomic E-state index is 0.121. The van der Waals surface area contributed by atoms with Crippen LogP contribution in [0.4, 0.5) is 4.39 Å². The SMILES string of the molecule is CC(C)Cc1cc(C(=O)N[C@@H]2CCC[C@@H]2Cc2ccc(F)cc2)on1. The molecule has 4 nitrogen and oxygen atoms in total. The Bertz CT molecular complexity index is 709. The predicted molar refractivity (Wildman–Crippen MR) is 93.7 cm³/mol. The maximum absolute atomic E-state index is 13.0. The third-order valence-electron chi connectivity index (χ3n) is 4.79. The van der Waals surface area contributed by atoms with Crippen LogP contribution in [0, 0.1) is 17.7 Å². The second kappa shape index (κ2) is 7.81. The Morgan fingerprint density at radius 2 is 2.08 bits per heavy atom. The van der Waals surface area contributed by atoms with Gasteiger partial charge in [0.1, 0.15) is 5.82 Å². The Hall–Kier alpha value is -2.17. The quantitative estimate of drug-likeness (QED) is 0.856. The lowest BCUT2D eigenvalue weighted by molar-refractivity contribution is 0.0890. The number of nitrogens with zero attached hydrogens (tertiary/aromatic N) is 1. The van der Waals surface area contributed by atoms with Crippen LogP contribution in [0.15, 0.2) is 34.9 Å². The number of hydrogen-bond acceptors (Lipinski definition) is 3. The van der Waals surface area contributed by atoms with Gasteiger partial charge in [0.15, 0.2) is 0 Å². The molecule has 0 saturated heterocycles. The first-order chi connectivity index (χ1) is 12.0. The zero-order valence-electron chi connectivity index (χ0n) is 14.8. The molecule has 0 unspecified atom stereocenters. The zero-order valence-corrected chi connectivity index (χ0v) is 14.8. The molecule has 3 rings (SSSR count). The van der Waals surface area contributed by atoms with Crippen molar-refractivity contribution in [1.82, 2.24) is 10.5 Å². The van der Waals surface area contributed by atoms with E-state index in [2.05, 4.69) is 24.3 Å². The highest BCUT2D eigenvalue weighted by molar-refractivity contribution is 5.91. The number of nitrogens with one attached hydrogen (secondary N) is 1. The first kappa shape index (κ1) is 17.6. The van der Waals surface area contributed by atoms with E-state index in [1.54, 1.807) is 6.07 Å². The Balaban J connectivity index is 1.59. The average Bonchev–Trinajstić information content (AvgIpc) is 3.19. The van der Waals surface area contributed by atoms with Crippen molar-refractivity contribution < 1.29 is 13.7 Å². The van der Waals surface area contributed by atoms with Crippen molar-refractivity contribution in [3.05, 3.63) is 53.2 Å². The number of aromatic nitrogens is 1. The standard InChI is InChI=1S/C20H25FN2O2/c1-13(2)10-17-12-19(25-23-17)20(24)22-18-5-3-4-15(18)11-14-6-8-16(21)9-7-14/h6-9,12-13,15,18H,3-5,10-11H2,1-2H3,(H,22,24)/t15-,18-/m1/s1. The van der Waals surface area contributed by atoms with Gasteiger partial charge in [0.25, 0.3) is 5.91 Å². The molecular formula is C20H25FN2O2. The molecule has 1 aliphatic rings. The van der Waals surface area contributed by atoms with Crippen molar-refractivity contribution in [2.75, 3.05) is 0 Å². The van der Waals surface area contributed by atoms with Crippen LogP contribution in [0.3, 0.4) is 0 Å². The second-order valence-corrected chi connectivity index (χ2v) is 7.38. The maximum Gasteiger partial charge on any atom is 0.290 e. The predicted octanol–water partition coefficient (Wildman–Crippen LogP) is 4.15. The van der Waals surface area contributed by atoms with Gasteiger partial charge < -0.3 is 9.84 Å². The first-order valence-corrected chi connectivity index (χ1v) is 9.02. The Labute approximate surface area is 147 Å². The zero-order chi connectivity index (χ0) is 17.8. The molecule has 1 saturated carbocycles. The molecule has 1 fully saturated rings. The molecular weight excluding hydrogens is 319 g/mol. The van der Waals surface area contributed by atoms with Crippen molar-refractivity contribution in [2.45, 2.75) is 52.0 Å². The van der Waals surface area contributed by atoms with Gasteiger partial charge in [0.05, 0.1) is 5.69 Å². The van der Waals surface area contributed by atoms with Crippen LogP contribution in [-0.4, -0.2) is 17.1 Å². The molecule has 1 aromatic carbocycles. The number of carbonyl (C=O) groups is 1. The summed E-state index contributed by atoms with van der Waals surface area (Å²) in [4.78, 5) is 12.4. The number of halogens is 1. The van der Waals surface area contributed by atoms with Crippen molar-refractivity contribution in [3.8, 4) is 0 Å². The molecule has 5 heteroatoms. The lowest BCUT2D eigenvalue weighted by atomic mass is 9.94. The first-order valence-electron chi connectivity index (χ1n) is 9.02. The summed E-state index contributed by atoms with van der Waals surface area (Å²) in [5.74, 6) is 0.701. The highest BCUT2D eigenvalue weighted by atomic mass is 19.1. The summed E-state index contributed by atoms with van der Waals surface area (Å²) in [7, 11) is 0. The maximum atomic E-state index is 13.0. The van der Waals surface area contributed by atoms with Gasteiger partial charge in [-0.1, -0.05) is 37.6 Å². The summed E-state index contributed by atoms with van der Waals surface area (Å²) < 4.78 is 18.2. The smallest absolute Gasteiger partial charge is 0.290 e. The molecule has 1 aliphatic carbocycles. The third-order valence-corrected chi connectivity index (χ3v) is 4.79. The van der Waals surface area contributed by atoms with Gasteiger partial charge in [-0.05, 0) is 55.2 Å². The summed E-state index contributed by atoms with van der Waals surface area (Å²) in [6.45, 7) is 4.21. The average molecular weight is 344 g/mol. The van der Waals surface area contributed by atoms with E-state index in [1.165, 1.54) is 12.1 Å². The normalized spacial score (nSPS) is 20.2. The van der Waals surface area contributed by atoms with E-state index in [0.717, 1.165) is 43.4 Å². The van der Waals surface area contributed by atoms with Crippen molar-refractivity contribution in [3.63, 3.8) is 0 Å². The fourth-order valence-electron chi connectivity index (χ4n) is 3.57. The van der Waals surface area contributed by atoms with Crippen molar-refractivity contribution in [2.24, 2.45) is 11.8 Å². The molecule has 134 valence electrons. The molecule has 2 aromatic rings. The Morgan fingerprint density at radius 1 is 1.32 bits per heavy atom. The van der Waals surface area contributed by atoms with Gasteiger partial charge in [0, 0.05) is 12.1 Å². The van der Waals surface area contributed by atoms with Crippen LogP contribution >= 0.6 is 0 Å². The summed E-state index contributed by atoms with van der Waals surface area (Å²) in [6, 6.07) is 8.48. The van der Waals surface area contributed by atoms with Crippen LogP contribution in [0.1, 0.15) is 54.9 Å². The fraction of sp³-hybridized carbons (Fsp3) is 0.500. The molecule has 0 bridgehead atoms. The fourth-order valence-corrected chi connectivity index (χ4v) is 3.57. The molecule has 0 radical (unpaired) electrons. The monoisotopic (exact) mass is 344 g/mol. The van der Waals surface area contributed by atoms with Crippen molar-refractivity contribution in [1.29, 1.82) is 0 Å². The van der Waals surface area contributed by atoms with E-state index in [0.29, 0.717) is 11.8 Å². The number of benzene rings is 1. The van der Waals surface area contributed by atoms with E-state index in [9.17, 15) is 9.18 Å². The van der Waals surface area contributed by atoms with Crippen LogP contribution in [0.5, 0.6) is 0 Å². The van der Waals surface area contributed by atoms with Crippen LogP contribution in [-0.2, 0) is 12.8 Å². The van der Waals surface area contributed by atoms with Crippen LogP contribution in [0.25, 0.3) is 0 Å². The summed E-state index contributed by atoms with van der Waals surface area (Å²) in [6.07, 6.45) is 4.77. The van der Waals surface area contributed by atoms with Crippen molar-refractivity contribution >= 4 is 5.91 Å². The number of hydrogen-bond donors (Lipinski definition) is 1. The van der Waals surface area contributed by atoms with Crippen LogP contribution < -0.4 is 5.32 Å². The van der Waals surface area contributed by atoms with Gasteiger partial charge in [-0.25, -0.2) is 4.39 Å². The van der Waals surface area contributed by atoms with E-state index in [1.807, 2.05) is 12.1 Å². The Morgan fingerprint density at radius 3 is 2.80 bits per heavy atom. The van der Waals surface area contributed by atoms with Gasteiger partial charge >= 0.3 is 0 Å².